The Kier molecular flexibility index (Phi) is 5.26. The molecule has 0 unspecified atom stereocenters. The van der Waals surface area contributed by atoms with Crippen molar-refractivity contribution < 1.29 is 4.74 Å². The molecule has 0 aromatic heterocycles. The van der Waals surface area contributed by atoms with E-state index in [1.165, 1.54) is 0 Å². The van der Waals surface area contributed by atoms with E-state index in [0.717, 1.165) is 21.9 Å². The smallest absolute Gasteiger partial charge is 0.122 e. The summed E-state index contributed by atoms with van der Waals surface area (Å²) in [5.41, 5.74) is 1.78. The van der Waals surface area contributed by atoms with Crippen LogP contribution >= 0.6 is 11.6 Å². The molecule has 0 aliphatic carbocycles. The first-order chi connectivity index (χ1) is 8.76. The van der Waals surface area contributed by atoms with Gasteiger partial charge in [-0.1, -0.05) is 25.4 Å². The molecule has 0 amide bonds. The quantitative estimate of drug-likeness (QED) is 0.752. The molecule has 0 saturated carbocycles. The van der Waals surface area contributed by atoms with Crippen LogP contribution in [0.1, 0.15) is 51.2 Å². The largest absolute Gasteiger partial charge is 0.493 e. The fraction of sp³-hybridized carbons (Fsp3) is 0.562. The van der Waals surface area contributed by atoms with Crippen molar-refractivity contribution in [1.82, 2.24) is 0 Å². The van der Waals surface area contributed by atoms with Gasteiger partial charge in [0.1, 0.15) is 5.75 Å². The van der Waals surface area contributed by atoms with Crippen LogP contribution in [0.25, 0.3) is 0 Å². The molecular formula is C16H22ClNO. The summed E-state index contributed by atoms with van der Waals surface area (Å²) in [4.78, 5) is 0. The van der Waals surface area contributed by atoms with Crippen molar-refractivity contribution >= 4 is 11.6 Å². The van der Waals surface area contributed by atoms with E-state index in [9.17, 15) is 0 Å². The zero-order valence-corrected chi connectivity index (χ0v) is 13.1. The summed E-state index contributed by atoms with van der Waals surface area (Å²) in [5, 5.41) is 9.77. The Bertz CT molecular complexity index is 486. The standard InChI is InChI=1S/C16H22ClNO/c1-11(2)13-9-15(12(3)8-14(13)17)19-7-6-16(4,5)10-18/h8-9,11H,6-7H2,1-5H3. The molecule has 1 rings (SSSR count). The summed E-state index contributed by atoms with van der Waals surface area (Å²) >= 11 is 6.23. The Labute approximate surface area is 121 Å². The average molecular weight is 280 g/mol. The summed E-state index contributed by atoms with van der Waals surface area (Å²) in [7, 11) is 0. The second kappa shape index (κ2) is 6.30. The van der Waals surface area contributed by atoms with Gasteiger partial charge in [-0.2, -0.15) is 5.26 Å². The molecule has 0 aliphatic rings. The van der Waals surface area contributed by atoms with E-state index in [2.05, 4.69) is 19.9 Å². The number of hydrogen-bond donors (Lipinski definition) is 0. The van der Waals surface area contributed by atoms with Gasteiger partial charge in [0, 0.05) is 5.02 Å². The minimum Gasteiger partial charge on any atom is -0.493 e. The third kappa shape index (κ3) is 4.44. The molecule has 1 aromatic rings. The first-order valence-electron chi connectivity index (χ1n) is 6.61. The molecule has 2 nitrogen and oxygen atoms in total. The monoisotopic (exact) mass is 279 g/mol. The van der Waals surface area contributed by atoms with Crippen LogP contribution in [0.4, 0.5) is 0 Å². The number of halogens is 1. The summed E-state index contributed by atoms with van der Waals surface area (Å²) < 4.78 is 5.81. The van der Waals surface area contributed by atoms with E-state index in [4.69, 9.17) is 21.6 Å². The molecule has 0 bridgehead atoms. The van der Waals surface area contributed by atoms with Crippen LogP contribution in [0.15, 0.2) is 12.1 Å². The lowest BCUT2D eigenvalue weighted by Gasteiger charge is -2.18. The SMILES string of the molecule is Cc1cc(Cl)c(C(C)C)cc1OCCC(C)(C)C#N. The van der Waals surface area contributed by atoms with Crippen molar-refractivity contribution in [2.24, 2.45) is 5.41 Å². The lowest BCUT2D eigenvalue weighted by atomic mass is 9.92. The molecule has 0 heterocycles. The Morgan fingerprint density at radius 2 is 2.00 bits per heavy atom. The van der Waals surface area contributed by atoms with Crippen LogP contribution < -0.4 is 4.74 Å². The Morgan fingerprint density at radius 1 is 1.37 bits per heavy atom. The van der Waals surface area contributed by atoms with Crippen LogP contribution in [0.5, 0.6) is 5.75 Å². The van der Waals surface area contributed by atoms with Gasteiger partial charge in [0.25, 0.3) is 0 Å². The maximum Gasteiger partial charge on any atom is 0.122 e. The zero-order chi connectivity index (χ0) is 14.6. The van der Waals surface area contributed by atoms with Crippen LogP contribution in [-0.2, 0) is 0 Å². The second-order valence-corrected chi connectivity index (χ2v) is 6.30. The van der Waals surface area contributed by atoms with Gasteiger partial charge in [0.2, 0.25) is 0 Å². The summed E-state index contributed by atoms with van der Waals surface area (Å²) in [6, 6.07) is 6.24. The van der Waals surface area contributed by atoms with Gasteiger partial charge in [-0.25, -0.2) is 0 Å². The summed E-state index contributed by atoms with van der Waals surface area (Å²) in [6.45, 7) is 10.6. The summed E-state index contributed by atoms with van der Waals surface area (Å²) in [6.07, 6.45) is 0.711. The van der Waals surface area contributed by atoms with Gasteiger partial charge >= 0.3 is 0 Å². The molecule has 104 valence electrons. The molecule has 0 fully saturated rings. The maximum absolute atomic E-state index is 8.98. The number of aryl methyl sites for hydroxylation is 1. The first-order valence-corrected chi connectivity index (χ1v) is 6.98. The predicted octanol–water partition coefficient (Wildman–Crippen LogP) is 5.09. The highest BCUT2D eigenvalue weighted by atomic mass is 35.5. The third-order valence-corrected chi connectivity index (χ3v) is 3.53. The second-order valence-electron chi connectivity index (χ2n) is 5.89. The van der Waals surface area contributed by atoms with Gasteiger partial charge in [-0.05, 0) is 56.4 Å². The number of nitrogens with zero attached hydrogens (tertiary/aromatic N) is 1. The van der Waals surface area contributed by atoms with Crippen LogP contribution in [0.3, 0.4) is 0 Å². The molecule has 0 atom stereocenters. The topological polar surface area (TPSA) is 33.0 Å². The summed E-state index contributed by atoms with van der Waals surface area (Å²) in [5.74, 6) is 1.23. The van der Waals surface area contributed by atoms with Gasteiger partial charge in [-0.15, -0.1) is 0 Å². The van der Waals surface area contributed by atoms with Gasteiger partial charge in [-0.3, -0.25) is 0 Å². The molecule has 0 spiro atoms. The lowest BCUT2D eigenvalue weighted by molar-refractivity contribution is 0.263. The highest BCUT2D eigenvalue weighted by Crippen LogP contribution is 2.31. The fourth-order valence-corrected chi connectivity index (χ4v) is 2.17. The van der Waals surface area contributed by atoms with E-state index in [-0.39, 0.29) is 5.41 Å². The molecule has 0 radical (unpaired) electrons. The number of rotatable bonds is 5. The minimum atomic E-state index is -0.346. The van der Waals surface area contributed by atoms with Crippen LogP contribution in [0, 0.1) is 23.7 Å². The predicted molar refractivity (Wildman–Crippen MR) is 79.8 cm³/mol. The average Bonchev–Trinajstić information content (AvgIpc) is 2.31. The Morgan fingerprint density at radius 3 is 2.53 bits per heavy atom. The van der Waals surface area contributed by atoms with Crippen molar-refractivity contribution in [1.29, 1.82) is 5.26 Å². The van der Waals surface area contributed by atoms with Crippen molar-refractivity contribution in [3.05, 3.63) is 28.3 Å². The maximum atomic E-state index is 8.98. The van der Waals surface area contributed by atoms with Crippen LogP contribution in [-0.4, -0.2) is 6.61 Å². The Balaban J connectivity index is 2.79. The molecular weight excluding hydrogens is 258 g/mol. The number of ether oxygens (including phenoxy) is 1. The van der Waals surface area contributed by atoms with E-state index < -0.39 is 0 Å². The highest BCUT2D eigenvalue weighted by Gasteiger charge is 2.17. The normalized spacial score (nSPS) is 11.5. The van der Waals surface area contributed by atoms with E-state index in [1.54, 1.807) is 0 Å². The van der Waals surface area contributed by atoms with Crippen molar-refractivity contribution in [3.63, 3.8) is 0 Å². The molecule has 1 aromatic carbocycles. The third-order valence-electron chi connectivity index (χ3n) is 3.20. The molecule has 3 heteroatoms. The van der Waals surface area contributed by atoms with Gasteiger partial charge in [0.05, 0.1) is 18.1 Å². The van der Waals surface area contributed by atoms with E-state index in [1.807, 2.05) is 32.9 Å². The number of nitriles is 1. The van der Waals surface area contributed by atoms with Crippen molar-refractivity contribution in [2.45, 2.75) is 47.0 Å². The lowest BCUT2D eigenvalue weighted by Crippen LogP contribution is -2.13. The molecule has 19 heavy (non-hydrogen) atoms. The molecule has 0 saturated heterocycles. The van der Waals surface area contributed by atoms with Crippen molar-refractivity contribution in [3.8, 4) is 11.8 Å². The van der Waals surface area contributed by atoms with Gasteiger partial charge < -0.3 is 4.74 Å². The van der Waals surface area contributed by atoms with Gasteiger partial charge in [0.15, 0.2) is 0 Å². The zero-order valence-electron chi connectivity index (χ0n) is 12.4. The first kappa shape index (κ1) is 15.9. The highest BCUT2D eigenvalue weighted by molar-refractivity contribution is 6.31. The van der Waals surface area contributed by atoms with E-state index >= 15 is 0 Å². The number of benzene rings is 1. The molecule has 0 N–H and O–H groups in total. The van der Waals surface area contributed by atoms with Crippen molar-refractivity contribution in [2.75, 3.05) is 6.61 Å². The minimum absolute atomic E-state index is 0.346. The Hall–Kier alpha value is -1.20. The van der Waals surface area contributed by atoms with Crippen LogP contribution in [0.2, 0.25) is 5.02 Å². The fourth-order valence-electron chi connectivity index (χ4n) is 1.74. The number of hydrogen-bond acceptors (Lipinski definition) is 2. The molecule has 0 aliphatic heterocycles. The van der Waals surface area contributed by atoms with E-state index in [0.29, 0.717) is 18.9 Å².